The fourth-order valence-corrected chi connectivity index (χ4v) is 3.81. The van der Waals surface area contributed by atoms with Gasteiger partial charge in [0, 0.05) is 24.8 Å². The lowest BCUT2D eigenvalue weighted by molar-refractivity contribution is -0.117. The first-order chi connectivity index (χ1) is 10.0. The van der Waals surface area contributed by atoms with Crippen molar-refractivity contribution in [3.05, 3.63) is 29.3 Å². The fraction of sp³-hybridized carbons (Fsp3) is 0.588. The number of anilines is 1. The van der Waals surface area contributed by atoms with Gasteiger partial charge >= 0.3 is 0 Å². The summed E-state index contributed by atoms with van der Waals surface area (Å²) >= 11 is 0. The quantitative estimate of drug-likeness (QED) is 0.893. The largest absolute Gasteiger partial charge is 0.327 e. The Bertz CT molecular complexity index is 543. The van der Waals surface area contributed by atoms with E-state index in [1.807, 2.05) is 19.1 Å². The van der Waals surface area contributed by atoms with Crippen LogP contribution >= 0.6 is 0 Å². The van der Waals surface area contributed by atoms with Crippen LogP contribution < -0.4 is 11.1 Å². The van der Waals surface area contributed by atoms with Crippen LogP contribution in [0.4, 0.5) is 5.69 Å². The van der Waals surface area contributed by atoms with Crippen molar-refractivity contribution in [2.24, 2.45) is 17.6 Å². The molecule has 4 nitrogen and oxygen atoms in total. The highest BCUT2D eigenvalue weighted by molar-refractivity contribution is 5.93. The molecule has 1 amide bonds. The predicted molar refractivity (Wildman–Crippen MR) is 85.2 cm³/mol. The topological polar surface area (TPSA) is 58.4 Å². The number of fused-ring (bicyclic) bond motifs is 1. The van der Waals surface area contributed by atoms with Gasteiger partial charge in [0.1, 0.15) is 0 Å². The normalized spacial score (nSPS) is 28.6. The second-order valence-electron chi connectivity index (χ2n) is 6.65. The molecule has 4 heteroatoms. The number of carbonyl (C=O) groups is 1. The van der Waals surface area contributed by atoms with E-state index in [-0.39, 0.29) is 5.91 Å². The van der Waals surface area contributed by atoms with E-state index in [9.17, 15) is 4.79 Å². The Labute approximate surface area is 126 Å². The molecule has 1 aromatic carbocycles. The van der Waals surface area contributed by atoms with Gasteiger partial charge in [-0.2, -0.15) is 0 Å². The van der Waals surface area contributed by atoms with Gasteiger partial charge in [-0.1, -0.05) is 12.1 Å². The molecule has 0 radical (unpaired) electrons. The van der Waals surface area contributed by atoms with E-state index in [0.717, 1.165) is 30.8 Å². The van der Waals surface area contributed by atoms with Crippen molar-refractivity contribution in [1.29, 1.82) is 0 Å². The van der Waals surface area contributed by atoms with Crippen molar-refractivity contribution in [3.63, 3.8) is 0 Å². The Hall–Kier alpha value is -1.39. The van der Waals surface area contributed by atoms with E-state index >= 15 is 0 Å². The van der Waals surface area contributed by atoms with Crippen molar-refractivity contribution >= 4 is 11.6 Å². The standard InChI is InChI=1S/C17H25N3O/c1-11-4-3-5-16(12(11)2)19-17(21)10-20-8-13-6-7-15(18)14(13)9-20/h3-5,13-15H,6-10,18H2,1-2H3,(H,19,21). The number of nitrogens with zero attached hydrogens (tertiary/aromatic N) is 1. The molecule has 114 valence electrons. The average Bonchev–Trinajstić information content (AvgIpc) is 2.97. The fourth-order valence-electron chi connectivity index (χ4n) is 3.81. The van der Waals surface area contributed by atoms with Crippen LogP contribution in [0.25, 0.3) is 0 Å². The maximum Gasteiger partial charge on any atom is 0.238 e. The highest BCUT2D eigenvalue weighted by atomic mass is 16.2. The van der Waals surface area contributed by atoms with Crippen LogP contribution in [0.1, 0.15) is 24.0 Å². The molecule has 3 N–H and O–H groups in total. The summed E-state index contributed by atoms with van der Waals surface area (Å²) in [5, 5.41) is 3.04. The lowest BCUT2D eigenvalue weighted by Crippen LogP contribution is -2.34. The second-order valence-corrected chi connectivity index (χ2v) is 6.65. The van der Waals surface area contributed by atoms with E-state index in [1.54, 1.807) is 0 Å². The molecule has 3 atom stereocenters. The predicted octanol–water partition coefficient (Wildman–Crippen LogP) is 1.91. The summed E-state index contributed by atoms with van der Waals surface area (Å²) in [4.78, 5) is 14.5. The van der Waals surface area contributed by atoms with Crippen molar-refractivity contribution in [2.45, 2.75) is 32.7 Å². The number of likely N-dealkylation sites (tertiary alicyclic amines) is 1. The van der Waals surface area contributed by atoms with E-state index in [2.05, 4.69) is 23.2 Å². The molecule has 1 saturated heterocycles. The van der Waals surface area contributed by atoms with Gasteiger partial charge < -0.3 is 11.1 Å². The Morgan fingerprint density at radius 2 is 2.14 bits per heavy atom. The molecule has 0 aromatic heterocycles. The van der Waals surface area contributed by atoms with Gasteiger partial charge in [0.2, 0.25) is 5.91 Å². The van der Waals surface area contributed by atoms with E-state index in [1.165, 1.54) is 12.0 Å². The number of rotatable bonds is 3. The molecule has 2 aliphatic rings. The summed E-state index contributed by atoms with van der Waals surface area (Å²) < 4.78 is 0. The zero-order valence-corrected chi connectivity index (χ0v) is 12.9. The number of carbonyl (C=O) groups excluding carboxylic acids is 1. The Morgan fingerprint density at radius 1 is 1.33 bits per heavy atom. The first-order valence-electron chi connectivity index (χ1n) is 7.88. The maximum absolute atomic E-state index is 12.2. The number of aryl methyl sites for hydroxylation is 1. The van der Waals surface area contributed by atoms with Gasteiger partial charge in [-0.15, -0.1) is 0 Å². The van der Waals surface area contributed by atoms with Crippen molar-refractivity contribution in [2.75, 3.05) is 25.0 Å². The minimum absolute atomic E-state index is 0.0808. The van der Waals surface area contributed by atoms with Gasteiger partial charge in [-0.3, -0.25) is 9.69 Å². The molecule has 1 heterocycles. The van der Waals surface area contributed by atoms with E-state index < -0.39 is 0 Å². The Balaban J connectivity index is 1.57. The molecule has 3 unspecified atom stereocenters. The average molecular weight is 287 g/mol. The number of nitrogens with one attached hydrogen (secondary N) is 1. The van der Waals surface area contributed by atoms with Gasteiger partial charge in [-0.05, 0) is 55.7 Å². The molecule has 1 aromatic rings. The first-order valence-corrected chi connectivity index (χ1v) is 7.88. The SMILES string of the molecule is Cc1cccc(NC(=O)CN2CC3CCC(N)C3C2)c1C. The number of hydrogen-bond donors (Lipinski definition) is 2. The summed E-state index contributed by atoms with van der Waals surface area (Å²) in [6.07, 6.45) is 2.37. The Kier molecular flexibility index (Phi) is 4.00. The molecule has 2 fully saturated rings. The minimum atomic E-state index is 0.0808. The molecular weight excluding hydrogens is 262 g/mol. The van der Waals surface area contributed by atoms with Gasteiger partial charge in [0.15, 0.2) is 0 Å². The Morgan fingerprint density at radius 3 is 2.90 bits per heavy atom. The molecule has 0 spiro atoms. The second kappa shape index (κ2) is 5.78. The zero-order valence-electron chi connectivity index (χ0n) is 12.9. The molecule has 1 aliphatic heterocycles. The third kappa shape index (κ3) is 2.97. The van der Waals surface area contributed by atoms with Crippen LogP contribution in [-0.2, 0) is 4.79 Å². The van der Waals surface area contributed by atoms with Crippen LogP contribution in [0.5, 0.6) is 0 Å². The van der Waals surface area contributed by atoms with E-state index in [4.69, 9.17) is 5.73 Å². The smallest absolute Gasteiger partial charge is 0.238 e. The van der Waals surface area contributed by atoms with Crippen molar-refractivity contribution < 1.29 is 4.79 Å². The molecule has 21 heavy (non-hydrogen) atoms. The number of amides is 1. The summed E-state index contributed by atoms with van der Waals surface area (Å²) in [6, 6.07) is 6.35. The van der Waals surface area contributed by atoms with Crippen LogP contribution in [0.2, 0.25) is 0 Å². The monoisotopic (exact) mass is 287 g/mol. The summed E-state index contributed by atoms with van der Waals surface area (Å²) in [6.45, 7) is 6.59. The van der Waals surface area contributed by atoms with Crippen LogP contribution in [-0.4, -0.2) is 36.5 Å². The lowest BCUT2D eigenvalue weighted by atomic mass is 9.98. The van der Waals surface area contributed by atoms with E-state index in [0.29, 0.717) is 24.4 Å². The van der Waals surface area contributed by atoms with Gasteiger partial charge in [0.25, 0.3) is 0 Å². The van der Waals surface area contributed by atoms with Crippen molar-refractivity contribution in [1.82, 2.24) is 4.90 Å². The van der Waals surface area contributed by atoms with Crippen LogP contribution in [0.3, 0.4) is 0 Å². The molecular formula is C17H25N3O. The molecule has 1 saturated carbocycles. The third-order valence-electron chi connectivity index (χ3n) is 5.23. The molecule has 1 aliphatic carbocycles. The summed E-state index contributed by atoms with van der Waals surface area (Å²) in [5.41, 5.74) is 9.42. The van der Waals surface area contributed by atoms with Crippen LogP contribution in [0.15, 0.2) is 18.2 Å². The third-order valence-corrected chi connectivity index (χ3v) is 5.23. The lowest BCUT2D eigenvalue weighted by Gasteiger charge is -2.18. The number of benzene rings is 1. The highest BCUT2D eigenvalue weighted by Crippen LogP contribution is 2.36. The number of nitrogens with two attached hydrogens (primary N) is 1. The minimum Gasteiger partial charge on any atom is -0.327 e. The summed E-state index contributed by atoms with van der Waals surface area (Å²) in [5.74, 6) is 1.38. The zero-order chi connectivity index (χ0) is 15.0. The number of hydrogen-bond acceptors (Lipinski definition) is 3. The molecule has 3 rings (SSSR count). The maximum atomic E-state index is 12.2. The first kappa shape index (κ1) is 14.5. The van der Waals surface area contributed by atoms with Gasteiger partial charge in [0.05, 0.1) is 6.54 Å². The van der Waals surface area contributed by atoms with Crippen LogP contribution in [0, 0.1) is 25.7 Å². The van der Waals surface area contributed by atoms with Crippen molar-refractivity contribution in [3.8, 4) is 0 Å². The van der Waals surface area contributed by atoms with Gasteiger partial charge in [-0.25, -0.2) is 0 Å². The molecule has 0 bridgehead atoms. The highest BCUT2D eigenvalue weighted by Gasteiger charge is 2.41. The summed E-state index contributed by atoms with van der Waals surface area (Å²) in [7, 11) is 0.